The second kappa shape index (κ2) is 4.99. The van der Waals surface area contributed by atoms with Crippen molar-refractivity contribution in [2.45, 2.75) is 25.6 Å². The molecule has 2 N–H and O–H groups in total. The van der Waals surface area contributed by atoms with E-state index in [0.717, 1.165) is 31.7 Å². The lowest BCUT2D eigenvalue weighted by molar-refractivity contribution is 0.145. The maximum atomic E-state index is 9.41. The van der Waals surface area contributed by atoms with Gasteiger partial charge in [0.25, 0.3) is 0 Å². The summed E-state index contributed by atoms with van der Waals surface area (Å²) in [5.41, 5.74) is 0.505. The van der Waals surface area contributed by atoms with Gasteiger partial charge < -0.3 is 15.1 Å². The van der Waals surface area contributed by atoms with Gasteiger partial charge in [0.1, 0.15) is 5.82 Å². The first-order valence-electron chi connectivity index (χ1n) is 5.40. The molecule has 2 heterocycles. The Labute approximate surface area is 99.5 Å². The van der Waals surface area contributed by atoms with Crippen LogP contribution in [0.25, 0.3) is 0 Å². The van der Waals surface area contributed by atoms with Crippen LogP contribution in [0.5, 0.6) is 0 Å². The predicted octanol–water partition coefficient (Wildman–Crippen LogP) is 1.19. The normalized spacial score (nSPS) is 17.8. The zero-order chi connectivity index (χ0) is 11.5. The van der Waals surface area contributed by atoms with Crippen molar-refractivity contribution in [2.24, 2.45) is 0 Å². The minimum Gasteiger partial charge on any atom is -0.393 e. The molecular weight excluding hydrogens is 228 g/mol. The molecule has 1 aromatic rings. The van der Waals surface area contributed by atoms with Gasteiger partial charge in [0.05, 0.1) is 23.4 Å². The average molecular weight is 243 g/mol. The molecule has 1 aromatic heterocycles. The minimum atomic E-state index is -0.194. The fraction of sp³-hybridized carbons (Fsp3) is 0.545. The molecule has 1 aliphatic rings. The molecule has 16 heavy (non-hydrogen) atoms. The Morgan fingerprint density at radius 3 is 2.69 bits per heavy atom. The molecule has 1 aliphatic heterocycles. The standard InChI is InChI=1S/C11H15ClN2O2/c12-9-1-2-11(13-10(9)7-15)14-5-3-8(16)4-6-14/h1-2,8,15-16H,3-7H2. The molecule has 0 amide bonds. The predicted molar refractivity (Wildman–Crippen MR) is 62.6 cm³/mol. The van der Waals surface area contributed by atoms with Gasteiger partial charge in [-0.1, -0.05) is 11.6 Å². The van der Waals surface area contributed by atoms with Crippen molar-refractivity contribution in [1.82, 2.24) is 4.98 Å². The summed E-state index contributed by atoms with van der Waals surface area (Å²) >= 11 is 5.88. The number of pyridine rings is 1. The summed E-state index contributed by atoms with van der Waals surface area (Å²) < 4.78 is 0. The Kier molecular flexibility index (Phi) is 3.63. The summed E-state index contributed by atoms with van der Waals surface area (Å²) in [7, 11) is 0. The summed E-state index contributed by atoms with van der Waals surface area (Å²) in [5, 5.41) is 19.0. The number of piperidine rings is 1. The first kappa shape index (κ1) is 11.6. The van der Waals surface area contributed by atoms with E-state index in [1.807, 2.05) is 6.07 Å². The minimum absolute atomic E-state index is 0.150. The summed E-state index contributed by atoms with van der Waals surface area (Å²) in [6.07, 6.45) is 1.33. The van der Waals surface area contributed by atoms with Crippen molar-refractivity contribution in [3.8, 4) is 0 Å². The largest absolute Gasteiger partial charge is 0.393 e. The highest BCUT2D eigenvalue weighted by atomic mass is 35.5. The number of aliphatic hydroxyl groups is 2. The highest BCUT2D eigenvalue weighted by molar-refractivity contribution is 6.31. The van der Waals surface area contributed by atoms with Gasteiger partial charge in [0, 0.05) is 13.1 Å². The second-order valence-corrected chi connectivity index (χ2v) is 4.38. The Bertz CT molecular complexity index is 365. The van der Waals surface area contributed by atoms with Crippen LogP contribution in [0.4, 0.5) is 5.82 Å². The van der Waals surface area contributed by atoms with E-state index in [4.69, 9.17) is 16.7 Å². The van der Waals surface area contributed by atoms with Gasteiger partial charge in [0.15, 0.2) is 0 Å². The number of rotatable bonds is 2. The van der Waals surface area contributed by atoms with Crippen molar-refractivity contribution in [2.75, 3.05) is 18.0 Å². The Hall–Kier alpha value is -0.840. The fourth-order valence-corrected chi connectivity index (χ4v) is 2.02. The van der Waals surface area contributed by atoms with E-state index in [1.54, 1.807) is 6.07 Å². The third kappa shape index (κ3) is 2.45. The van der Waals surface area contributed by atoms with Crippen LogP contribution in [0.15, 0.2) is 12.1 Å². The summed E-state index contributed by atoms with van der Waals surface area (Å²) in [6.45, 7) is 1.43. The lowest BCUT2D eigenvalue weighted by Crippen LogP contribution is -2.36. The van der Waals surface area contributed by atoms with Crippen LogP contribution in [0.3, 0.4) is 0 Å². The Morgan fingerprint density at radius 2 is 2.06 bits per heavy atom. The van der Waals surface area contributed by atoms with E-state index in [2.05, 4.69) is 9.88 Å². The molecule has 1 fully saturated rings. The van der Waals surface area contributed by atoms with E-state index in [0.29, 0.717) is 10.7 Å². The van der Waals surface area contributed by atoms with E-state index < -0.39 is 0 Å². The number of aromatic nitrogens is 1. The van der Waals surface area contributed by atoms with Gasteiger partial charge in [-0.3, -0.25) is 0 Å². The first-order chi connectivity index (χ1) is 7.70. The van der Waals surface area contributed by atoms with Crippen LogP contribution >= 0.6 is 11.6 Å². The summed E-state index contributed by atoms with van der Waals surface area (Å²) in [5.74, 6) is 0.820. The quantitative estimate of drug-likeness (QED) is 0.818. The van der Waals surface area contributed by atoms with Gasteiger partial charge in [0.2, 0.25) is 0 Å². The van der Waals surface area contributed by atoms with Crippen LogP contribution in [0.1, 0.15) is 18.5 Å². The number of hydrogen-bond donors (Lipinski definition) is 2. The van der Waals surface area contributed by atoms with Crippen LogP contribution in [-0.2, 0) is 6.61 Å². The molecule has 88 valence electrons. The molecule has 5 heteroatoms. The maximum Gasteiger partial charge on any atom is 0.129 e. The fourth-order valence-electron chi connectivity index (χ4n) is 1.85. The van der Waals surface area contributed by atoms with Crippen molar-refractivity contribution >= 4 is 17.4 Å². The van der Waals surface area contributed by atoms with Gasteiger partial charge in [-0.2, -0.15) is 0 Å². The second-order valence-electron chi connectivity index (χ2n) is 3.97. The highest BCUT2D eigenvalue weighted by Gasteiger charge is 2.18. The smallest absolute Gasteiger partial charge is 0.129 e. The van der Waals surface area contributed by atoms with Gasteiger partial charge in [-0.05, 0) is 25.0 Å². The average Bonchev–Trinajstić information content (AvgIpc) is 2.31. The monoisotopic (exact) mass is 242 g/mol. The molecule has 0 unspecified atom stereocenters. The lowest BCUT2D eigenvalue weighted by atomic mass is 10.1. The third-order valence-corrected chi connectivity index (χ3v) is 3.19. The van der Waals surface area contributed by atoms with Crippen LogP contribution in [0.2, 0.25) is 5.02 Å². The van der Waals surface area contributed by atoms with Crippen LogP contribution in [-0.4, -0.2) is 34.4 Å². The van der Waals surface area contributed by atoms with Crippen LogP contribution in [0, 0.1) is 0 Å². The molecule has 0 aliphatic carbocycles. The molecule has 2 rings (SSSR count). The first-order valence-corrected chi connectivity index (χ1v) is 5.78. The molecular formula is C11H15ClN2O2. The van der Waals surface area contributed by atoms with E-state index in [1.165, 1.54) is 0 Å². The topological polar surface area (TPSA) is 56.6 Å². The highest BCUT2D eigenvalue weighted by Crippen LogP contribution is 2.22. The molecule has 4 nitrogen and oxygen atoms in total. The Balaban J connectivity index is 2.14. The number of halogens is 1. The summed E-state index contributed by atoms with van der Waals surface area (Å²) in [4.78, 5) is 6.40. The molecule has 0 atom stereocenters. The zero-order valence-corrected chi connectivity index (χ0v) is 9.69. The molecule has 0 spiro atoms. The third-order valence-electron chi connectivity index (χ3n) is 2.84. The van der Waals surface area contributed by atoms with Gasteiger partial charge in [-0.25, -0.2) is 4.98 Å². The van der Waals surface area contributed by atoms with E-state index in [9.17, 15) is 5.11 Å². The van der Waals surface area contributed by atoms with Crippen molar-refractivity contribution in [1.29, 1.82) is 0 Å². The number of nitrogens with zero attached hydrogens (tertiary/aromatic N) is 2. The zero-order valence-electron chi connectivity index (χ0n) is 8.93. The molecule has 0 aromatic carbocycles. The number of anilines is 1. The molecule has 0 bridgehead atoms. The SMILES string of the molecule is OCc1nc(N2CCC(O)CC2)ccc1Cl. The maximum absolute atomic E-state index is 9.41. The van der Waals surface area contributed by atoms with Gasteiger partial charge >= 0.3 is 0 Å². The van der Waals surface area contributed by atoms with E-state index in [-0.39, 0.29) is 12.7 Å². The van der Waals surface area contributed by atoms with Crippen molar-refractivity contribution < 1.29 is 10.2 Å². The molecule has 1 saturated heterocycles. The van der Waals surface area contributed by atoms with Gasteiger partial charge in [-0.15, -0.1) is 0 Å². The molecule has 0 saturated carbocycles. The summed E-state index contributed by atoms with van der Waals surface area (Å²) in [6, 6.07) is 3.60. The van der Waals surface area contributed by atoms with Crippen LogP contribution < -0.4 is 4.90 Å². The van der Waals surface area contributed by atoms with Crippen molar-refractivity contribution in [3.63, 3.8) is 0 Å². The van der Waals surface area contributed by atoms with Crippen molar-refractivity contribution in [3.05, 3.63) is 22.8 Å². The molecule has 0 radical (unpaired) electrons. The lowest BCUT2D eigenvalue weighted by Gasteiger charge is -2.30. The number of aliphatic hydroxyl groups excluding tert-OH is 2. The number of hydrogen-bond acceptors (Lipinski definition) is 4. The van der Waals surface area contributed by atoms with E-state index >= 15 is 0 Å². The Morgan fingerprint density at radius 1 is 1.38 bits per heavy atom.